The van der Waals surface area contributed by atoms with E-state index in [1.165, 1.54) is 0 Å². The highest BCUT2D eigenvalue weighted by atomic mass is 32.2. The third kappa shape index (κ3) is 4.54. The molecule has 0 aliphatic carbocycles. The number of urea groups is 1. The Hall–Kier alpha value is -2.42. The van der Waals surface area contributed by atoms with Crippen molar-refractivity contribution >= 4 is 41.0 Å². The molecule has 2 atom stereocenters. The Bertz CT molecular complexity index is 652. The summed E-state index contributed by atoms with van der Waals surface area (Å²) in [5, 5.41) is 7.85. The number of carbonyl (C=O) groups is 3. The molecule has 0 bridgehead atoms. The second-order valence-electron chi connectivity index (χ2n) is 5.29. The van der Waals surface area contributed by atoms with Crippen molar-refractivity contribution in [3.05, 3.63) is 18.2 Å². The molecule has 0 spiro atoms. The molecule has 0 fully saturated rings. The van der Waals surface area contributed by atoms with E-state index in [2.05, 4.69) is 16.0 Å². The van der Waals surface area contributed by atoms with Crippen LogP contribution < -0.4 is 26.4 Å². The van der Waals surface area contributed by atoms with Crippen molar-refractivity contribution in [2.75, 3.05) is 22.6 Å². The van der Waals surface area contributed by atoms with Gasteiger partial charge in [0.05, 0.1) is 5.69 Å². The van der Waals surface area contributed by atoms with E-state index in [1.54, 1.807) is 36.9 Å². The lowest BCUT2D eigenvalue weighted by molar-refractivity contribution is -0.122. The highest BCUT2D eigenvalue weighted by molar-refractivity contribution is 7.98. The maximum Gasteiger partial charge on any atom is 0.312 e. The van der Waals surface area contributed by atoms with Crippen molar-refractivity contribution in [2.24, 2.45) is 5.73 Å². The number of ether oxygens (including phenoxy) is 1. The third-order valence-corrected chi connectivity index (χ3v) is 4.07. The van der Waals surface area contributed by atoms with Gasteiger partial charge < -0.3 is 26.4 Å². The number of benzene rings is 1. The molecule has 0 saturated carbocycles. The molecule has 0 radical (unpaired) electrons. The smallest absolute Gasteiger partial charge is 0.312 e. The van der Waals surface area contributed by atoms with Crippen molar-refractivity contribution in [3.63, 3.8) is 0 Å². The van der Waals surface area contributed by atoms with Crippen LogP contribution >= 0.6 is 11.8 Å². The molecule has 1 aliphatic heterocycles. The summed E-state index contributed by atoms with van der Waals surface area (Å²) in [5.74, 6) is 0.609. The molecule has 1 aromatic carbocycles. The number of nitrogens with two attached hydrogens (primary N) is 1. The largest absolute Gasteiger partial charge is 0.479 e. The number of thioether (sulfide) groups is 1. The van der Waals surface area contributed by atoms with Gasteiger partial charge in [-0.15, -0.1) is 0 Å². The molecule has 1 aliphatic rings. The first-order chi connectivity index (χ1) is 11.4. The van der Waals surface area contributed by atoms with Gasteiger partial charge in [-0.3, -0.25) is 9.59 Å². The maximum absolute atomic E-state index is 12.3. The minimum absolute atomic E-state index is 0.251. The zero-order valence-corrected chi connectivity index (χ0v) is 14.2. The van der Waals surface area contributed by atoms with E-state index in [0.717, 1.165) is 0 Å². The Morgan fingerprint density at radius 1 is 1.46 bits per heavy atom. The van der Waals surface area contributed by atoms with Gasteiger partial charge in [0.1, 0.15) is 11.8 Å². The fourth-order valence-corrected chi connectivity index (χ4v) is 2.66. The molecule has 8 nitrogen and oxygen atoms in total. The first-order valence-electron chi connectivity index (χ1n) is 7.38. The van der Waals surface area contributed by atoms with Crippen LogP contribution in [0.25, 0.3) is 0 Å². The molecular weight excluding hydrogens is 332 g/mol. The lowest BCUT2D eigenvalue weighted by atomic mass is 10.1. The van der Waals surface area contributed by atoms with Crippen LogP contribution in [0.5, 0.6) is 5.75 Å². The first-order valence-corrected chi connectivity index (χ1v) is 8.77. The molecule has 4 amide bonds. The van der Waals surface area contributed by atoms with Crippen LogP contribution in [-0.2, 0) is 9.59 Å². The number of amides is 4. The highest BCUT2D eigenvalue weighted by Crippen LogP contribution is 2.32. The molecule has 5 N–H and O–H groups in total. The van der Waals surface area contributed by atoms with E-state index in [9.17, 15) is 14.4 Å². The van der Waals surface area contributed by atoms with Crippen LogP contribution in [0.15, 0.2) is 18.2 Å². The number of rotatable bonds is 6. The summed E-state index contributed by atoms with van der Waals surface area (Å²) in [6.45, 7) is 1.65. The molecular formula is C15H20N4O4S. The third-order valence-electron chi connectivity index (χ3n) is 3.42. The first kappa shape index (κ1) is 17.9. The van der Waals surface area contributed by atoms with E-state index in [0.29, 0.717) is 29.3 Å². The summed E-state index contributed by atoms with van der Waals surface area (Å²) in [6, 6.07) is 3.46. The predicted octanol–water partition coefficient (Wildman–Crippen LogP) is 1.13. The number of carbonyl (C=O) groups excluding carboxylic acids is 3. The second-order valence-corrected chi connectivity index (χ2v) is 6.28. The Kier molecular flexibility index (Phi) is 5.91. The average Bonchev–Trinajstić information content (AvgIpc) is 2.52. The molecule has 2 rings (SSSR count). The predicted molar refractivity (Wildman–Crippen MR) is 93.3 cm³/mol. The van der Waals surface area contributed by atoms with Crippen LogP contribution in [-0.4, -0.2) is 42.0 Å². The molecule has 24 heavy (non-hydrogen) atoms. The molecule has 1 heterocycles. The van der Waals surface area contributed by atoms with E-state index in [1.807, 2.05) is 6.26 Å². The van der Waals surface area contributed by atoms with Gasteiger partial charge in [-0.2, -0.15) is 11.8 Å². The summed E-state index contributed by atoms with van der Waals surface area (Å²) in [7, 11) is 0. The molecule has 0 saturated heterocycles. The van der Waals surface area contributed by atoms with Crippen LogP contribution in [0.2, 0.25) is 0 Å². The Labute approximate surface area is 143 Å². The SMILES string of the molecule is CSCC[C@H](NC(N)=O)C(=O)Nc1ccc2c(c1)NC(=O)[C@@H](C)O2. The summed E-state index contributed by atoms with van der Waals surface area (Å²) in [5.41, 5.74) is 6.08. The van der Waals surface area contributed by atoms with Gasteiger partial charge in [-0.05, 0) is 43.6 Å². The van der Waals surface area contributed by atoms with Gasteiger partial charge in [0.25, 0.3) is 5.91 Å². The van der Waals surface area contributed by atoms with Gasteiger partial charge in [-0.1, -0.05) is 0 Å². The monoisotopic (exact) mass is 352 g/mol. The van der Waals surface area contributed by atoms with Crippen LogP contribution in [0.1, 0.15) is 13.3 Å². The number of primary amides is 1. The Balaban J connectivity index is 2.08. The Morgan fingerprint density at radius 2 is 2.21 bits per heavy atom. The molecule has 0 unspecified atom stereocenters. The quantitative estimate of drug-likeness (QED) is 0.611. The summed E-state index contributed by atoms with van der Waals surface area (Å²) in [6.07, 6.45) is 1.80. The van der Waals surface area contributed by atoms with Gasteiger partial charge in [-0.25, -0.2) is 4.79 Å². The molecule has 9 heteroatoms. The van der Waals surface area contributed by atoms with Crippen LogP contribution in [0, 0.1) is 0 Å². The zero-order chi connectivity index (χ0) is 17.7. The number of nitrogens with one attached hydrogen (secondary N) is 3. The Morgan fingerprint density at radius 3 is 2.88 bits per heavy atom. The topological polar surface area (TPSA) is 123 Å². The summed E-state index contributed by atoms with van der Waals surface area (Å²) >= 11 is 1.56. The van der Waals surface area contributed by atoms with Gasteiger partial charge in [0.15, 0.2) is 6.10 Å². The molecule has 0 aromatic heterocycles. The number of hydrogen-bond acceptors (Lipinski definition) is 5. The standard InChI is InChI=1S/C15H20N4O4S/c1-8-13(20)18-11-7-9(3-4-12(11)23-8)17-14(21)10(5-6-24-2)19-15(16)22/h3-4,7-8,10H,5-6H2,1-2H3,(H,17,21)(H,18,20)(H3,16,19,22)/t8-,10+/m1/s1. The van der Waals surface area contributed by atoms with Gasteiger partial charge in [0.2, 0.25) is 5.91 Å². The normalized spacial score (nSPS) is 17.1. The minimum atomic E-state index is -0.753. The fourth-order valence-electron chi connectivity index (χ4n) is 2.19. The second kappa shape index (κ2) is 7.91. The minimum Gasteiger partial charge on any atom is -0.479 e. The highest BCUT2D eigenvalue weighted by Gasteiger charge is 2.24. The van der Waals surface area contributed by atoms with E-state index in [-0.39, 0.29) is 11.8 Å². The van der Waals surface area contributed by atoms with Crippen molar-refractivity contribution < 1.29 is 19.1 Å². The van der Waals surface area contributed by atoms with Crippen molar-refractivity contribution in [1.82, 2.24) is 5.32 Å². The average molecular weight is 352 g/mol. The van der Waals surface area contributed by atoms with Crippen molar-refractivity contribution in [2.45, 2.75) is 25.5 Å². The maximum atomic E-state index is 12.3. The number of fused-ring (bicyclic) bond motifs is 1. The molecule has 1 aromatic rings. The van der Waals surface area contributed by atoms with E-state index >= 15 is 0 Å². The molecule has 130 valence electrons. The number of anilines is 2. The van der Waals surface area contributed by atoms with Crippen LogP contribution in [0.3, 0.4) is 0 Å². The zero-order valence-electron chi connectivity index (χ0n) is 13.4. The lowest BCUT2D eigenvalue weighted by Gasteiger charge is -2.24. The van der Waals surface area contributed by atoms with Crippen molar-refractivity contribution in [3.8, 4) is 5.75 Å². The number of hydrogen-bond donors (Lipinski definition) is 4. The summed E-state index contributed by atoms with van der Waals surface area (Å²) < 4.78 is 5.46. The lowest BCUT2D eigenvalue weighted by Crippen LogP contribution is -2.46. The summed E-state index contributed by atoms with van der Waals surface area (Å²) in [4.78, 5) is 35.0. The van der Waals surface area contributed by atoms with Gasteiger partial charge in [0, 0.05) is 5.69 Å². The van der Waals surface area contributed by atoms with E-state index < -0.39 is 18.2 Å². The van der Waals surface area contributed by atoms with Crippen LogP contribution in [0.4, 0.5) is 16.2 Å². The van der Waals surface area contributed by atoms with E-state index in [4.69, 9.17) is 10.5 Å². The van der Waals surface area contributed by atoms with Crippen molar-refractivity contribution in [1.29, 1.82) is 0 Å². The van der Waals surface area contributed by atoms with Gasteiger partial charge >= 0.3 is 6.03 Å². The fraction of sp³-hybridized carbons (Fsp3) is 0.400.